The van der Waals surface area contributed by atoms with Crippen molar-refractivity contribution < 1.29 is 75.8 Å². The number of phosphoric ester groups is 2. The molecule has 0 bridgehead atoms. The molecule has 0 amide bonds. The lowest BCUT2D eigenvalue weighted by Crippen LogP contribution is -2.30. The van der Waals surface area contributed by atoms with Gasteiger partial charge in [-0.3, -0.25) is 32.5 Å². The first kappa shape index (κ1) is 104. The van der Waals surface area contributed by atoms with Gasteiger partial charge in [0.1, 0.15) is 25.4 Å². The minimum absolute atomic E-state index is 0.0548. The number of carbonyl (C=O) groups excluding carboxylic acids is 3. The van der Waals surface area contributed by atoms with Crippen LogP contribution in [-0.2, 0) is 55.8 Å². The molecule has 0 rings (SSSR count). The number of hydrogen-bond donors (Lipinski definition) is 4. The van der Waals surface area contributed by atoms with Gasteiger partial charge in [0.05, 0.1) is 26.4 Å². The number of aliphatic hydroxyl groups excluding tert-OH is 2. The van der Waals surface area contributed by atoms with Gasteiger partial charge in [-0.2, -0.15) is 0 Å². The first-order valence-corrected chi connectivity index (χ1v) is 45.4. The van der Waals surface area contributed by atoms with Crippen molar-refractivity contribution in [2.75, 3.05) is 39.6 Å². The molecule has 0 aliphatic rings. The number of phosphoric acid groups is 2. The molecule has 0 heterocycles. The molecule has 0 spiro atoms. The van der Waals surface area contributed by atoms with Gasteiger partial charge in [-0.05, 0) is 154 Å². The van der Waals surface area contributed by atoms with Gasteiger partial charge in [-0.15, -0.1) is 0 Å². The van der Waals surface area contributed by atoms with Crippen LogP contribution in [0.5, 0.6) is 0 Å². The third-order valence-electron chi connectivity index (χ3n) is 17.4. The molecular weight excluding hydrogens is 1410 g/mol. The SMILES string of the molecule is CC/C=C\C/C=C\C/C=C\C/C=C\C/C=C\CCCCCCCC(=O)OCC(COP(=O)(O)OCC(O)COP(=O)(O)OCC(O)COC(=O)CCCCCCCCCCCCCCCCCCC/C=C\C/C=C\C/C=C\C/C=C\CCCCC)OC(=O)CCCCC/C=C\C/C=C\C/C=C\C/C=C\C/C=C\CC. The third-order valence-corrected chi connectivity index (χ3v) is 19.3. The summed E-state index contributed by atoms with van der Waals surface area (Å²) in [6.45, 7) is 2.37. The van der Waals surface area contributed by atoms with Crippen LogP contribution < -0.4 is 0 Å². The summed E-state index contributed by atoms with van der Waals surface area (Å²) in [7, 11) is -9.82. The van der Waals surface area contributed by atoms with E-state index in [9.17, 15) is 43.5 Å². The van der Waals surface area contributed by atoms with E-state index in [1.165, 1.54) is 116 Å². The molecule has 0 fully saturated rings. The number of ether oxygens (including phenoxy) is 3. The van der Waals surface area contributed by atoms with Crippen LogP contribution in [0.2, 0.25) is 0 Å². The predicted molar refractivity (Wildman–Crippen MR) is 454 cm³/mol. The van der Waals surface area contributed by atoms with Crippen molar-refractivity contribution in [3.05, 3.63) is 170 Å². The lowest BCUT2D eigenvalue weighted by atomic mass is 10.0. The van der Waals surface area contributed by atoms with Crippen molar-refractivity contribution in [2.45, 2.75) is 347 Å². The molecule has 0 aromatic heterocycles. The Morgan fingerprint density at radius 2 is 0.486 bits per heavy atom. The van der Waals surface area contributed by atoms with Crippen LogP contribution in [0.3, 0.4) is 0 Å². The third kappa shape index (κ3) is 83.7. The predicted octanol–water partition coefficient (Wildman–Crippen LogP) is 25.5. The zero-order valence-corrected chi connectivity index (χ0v) is 70.0. The second-order valence-electron chi connectivity index (χ2n) is 27.9. The first-order chi connectivity index (χ1) is 53.2. The van der Waals surface area contributed by atoms with Gasteiger partial charge in [0.2, 0.25) is 0 Å². The molecule has 5 atom stereocenters. The van der Waals surface area contributed by atoms with Gasteiger partial charge < -0.3 is 34.2 Å². The van der Waals surface area contributed by atoms with Crippen molar-refractivity contribution in [1.82, 2.24) is 0 Å². The summed E-state index contributed by atoms with van der Waals surface area (Å²) in [6, 6.07) is 0. The number of carbonyl (C=O) groups is 3. The van der Waals surface area contributed by atoms with Gasteiger partial charge in [0.15, 0.2) is 6.10 Å². The Hall–Kier alpha value is -5.09. The second-order valence-corrected chi connectivity index (χ2v) is 30.8. The number of allylic oxidation sites excluding steroid dienone is 28. The summed E-state index contributed by atoms with van der Waals surface area (Å²) >= 11 is 0. The molecule has 16 nitrogen and oxygen atoms in total. The van der Waals surface area contributed by atoms with Crippen LogP contribution in [-0.4, -0.2) is 95.9 Å². The standard InChI is InChI=1S/C91H152O16P2/c1-4-7-10-13-16-19-22-25-28-31-34-36-37-38-39-40-41-42-43-44-45-46-47-49-52-53-56-59-62-65-68-71-74-77-89(94)101-80-86(92)81-103-108(97,98)104-82-87(93)83-105-109(99,100)106-85-88(107-91(96)79-76-73-70-67-64-61-58-55-50-33-30-27-24-21-18-15-12-9-6-3)84-102-90(95)78-75-72-69-66-63-60-57-54-51-48-35-32-29-26-23-20-17-14-11-8-5-2/h8-9,11-12,16-21,25-30,34-36,38-39,48,50,54-55,57,61,64,86-88,92-93H,4-7,10,13-15,22-24,31-33,37,40-47,49,51-53,56,58-60,62-63,65-85H2,1-3H3,(H,97,98)(H,99,100)/b11-8-,12-9-,19-16-,20-17-,21-18-,28-25-,29-26-,30-27-,36-34-,39-38-,48-35-,55-50-,57-54-,64-61-. The highest BCUT2D eigenvalue weighted by Crippen LogP contribution is 2.45. The molecule has 5 unspecified atom stereocenters. The number of rotatable bonds is 79. The highest BCUT2D eigenvalue weighted by atomic mass is 31.2. The smallest absolute Gasteiger partial charge is 0.463 e. The normalized spacial score (nSPS) is 14.7. The van der Waals surface area contributed by atoms with E-state index in [0.29, 0.717) is 19.3 Å². The lowest BCUT2D eigenvalue weighted by molar-refractivity contribution is -0.161. The second kappa shape index (κ2) is 82.4. The topological polar surface area (TPSA) is 231 Å². The fourth-order valence-corrected chi connectivity index (χ4v) is 12.6. The average Bonchev–Trinajstić information content (AvgIpc) is 0.906. The highest BCUT2D eigenvalue weighted by Gasteiger charge is 2.29. The zero-order chi connectivity index (χ0) is 79.4. The minimum Gasteiger partial charge on any atom is -0.463 e. The molecule has 4 N–H and O–H groups in total. The Labute approximate surface area is 662 Å². The fraction of sp³-hybridized carbons (Fsp3) is 0.659. The quantitative estimate of drug-likeness (QED) is 0.0146. The van der Waals surface area contributed by atoms with Crippen LogP contribution in [0.4, 0.5) is 0 Å². The lowest BCUT2D eigenvalue weighted by Gasteiger charge is -2.21. The summed E-state index contributed by atoms with van der Waals surface area (Å²) in [5.74, 6) is -1.64. The fourth-order valence-electron chi connectivity index (χ4n) is 11.0. The van der Waals surface area contributed by atoms with Gasteiger partial charge >= 0.3 is 33.6 Å². The number of esters is 3. The van der Waals surface area contributed by atoms with Crippen LogP contribution >= 0.6 is 15.6 Å². The summed E-state index contributed by atoms with van der Waals surface area (Å²) in [4.78, 5) is 58.8. The van der Waals surface area contributed by atoms with Crippen LogP contribution in [0, 0.1) is 0 Å². The molecule has 109 heavy (non-hydrogen) atoms. The van der Waals surface area contributed by atoms with Gasteiger partial charge in [-0.1, -0.05) is 326 Å². The first-order valence-electron chi connectivity index (χ1n) is 42.4. The van der Waals surface area contributed by atoms with Crippen molar-refractivity contribution in [3.63, 3.8) is 0 Å². The minimum atomic E-state index is -4.95. The van der Waals surface area contributed by atoms with E-state index < -0.39 is 91.5 Å². The summed E-state index contributed by atoms with van der Waals surface area (Å²) in [5, 5.41) is 20.7. The van der Waals surface area contributed by atoms with E-state index in [4.69, 9.17) is 32.3 Å². The van der Waals surface area contributed by atoms with E-state index in [0.717, 1.165) is 154 Å². The average molecular weight is 1560 g/mol. The summed E-state index contributed by atoms with van der Waals surface area (Å²) in [6.07, 6.45) is 106. The van der Waals surface area contributed by atoms with Crippen molar-refractivity contribution in [1.29, 1.82) is 0 Å². The Bertz CT molecular complexity index is 2660. The summed E-state index contributed by atoms with van der Waals surface area (Å²) < 4.78 is 61.2. The summed E-state index contributed by atoms with van der Waals surface area (Å²) in [5.41, 5.74) is 0. The Morgan fingerprint density at radius 1 is 0.266 bits per heavy atom. The van der Waals surface area contributed by atoms with E-state index in [1.807, 2.05) is 0 Å². The molecule has 0 aromatic carbocycles. The molecule has 622 valence electrons. The van der Waals surface area contributed by atoms with Gasteiger partial charge in [-0.25, -0.2) is 9.13 Å². The van der Waals surface area contributed by atoms with Gasteiger partial charge in [0, 0.05) is 19.3 Å². The molecule has 0 radical (unpaired) electrons. The molecule has 0 aliphatic carbocycles. The number of hydrogen-bond acceptors (Lipinski definition) is 14. The van der Waals surface area contributed by atoms with Crippen molar-refractivity contribution in [2.24, 2.45) is 0 Å². The van der Waals surface area contributed by atoms with E-state index in [2.05, 4.69) is 191 Å². The molecule has 0 saturated heterocycles. The molecule has 0 aliphatic heterocycles. The van der Waals surface area contributed by atoms with Crippen LogP contribution in [0.25, 0.3) is 0 Å². The molecule has 0 aromatic rings. The largest absolute Gasteiger partial charge is 0.472 e. The highest BCUT2D eigenvalue weighted by molar-refractivity contribution is 7.47. The van der Waals surface area contributed by atoms with E-state index in [-0.39, 0.29) is 19.3 Å². The Kier molecular flexibility index (Phi) is 78.5. The number of aliphatic hydroxyl groups is 2. The van der Waals surface area contributed by atoms with Crippen molar-refractivity contribution in [3.8, 4) is 0 Å². The number of unbranched alkanes of at least 4 members (excludes halogenated alkanes) is 28. The van der Waals surface area contributed by atoms with E-state index in [1.54, 1.807) is 0 Å². The van der Waals surface area contributed by atoms with Crippen molar-refractivity contribution >= 4 is 33.6 Å². The van der Waals surface area contributed by atoms with E-state index >= 15 is 0 Å². The maximum Gasteiger partial charge on any atom is 0.472 e. The molecule has 18 heteroatoms. The van der Waals surface area contributed by atoms with Crippen LogP contribution in [0.1, 0.15) is 329 Å². The Balaban J connectivity index is 4.56. The maximum absolute atomic E-state index is 13.0. The Morgan fingerprint density at radius 3 is 0.780 bits per heavy atom. The maximum atomic E-state index is 13.0. The van der Waals surface area contributed by atoms with Gasteiger partial charge in [0.25, 0.3) is 0 Å². The monoisotopic (exact) mass is 1560 g/mol. The molecule has 0 saturated carbocycles. The zero-order valence-electron chi connectivity index (χ0n) is 68.2. The van der Waals surface area contributed by atoms with Crippen LogP contribution in [0.15, 0.2) is 170 Å². The molecular formula is C91H152O16P2.